The number of rotatable bonds is 2. The van der Waals surface area contributed by atoms with Crippen molar-refractivity contribution in [3.63, 3.8) is 0 Å². The van der Waals surface area contributed by atoms with Gasteiger partial charge in [0, 0.05) is 30.3 Å². The Morgan fingerprint density at radius 1 is 1.24 bits per heavy atom. The molecule has 0 radical (unpaired) electrons. The number of aromatic nitrogens is 2. The average Bonchev–Trinajstić information content (AvgIpc) is 3.05. The van der Waals surface area contributed by atoms with Crippen molar-refractivity contribution in [3.05, 3.63) is 29.6 Å². The standard InChI is InChI=1S/C16H19N3O2/c1-3-11-9-12(5-6-14(11)17-7-1)16-18-15(19-21-16)13-4-2-8-20-10-13/h5-6,9,13,17H,1-4,7-8,10H2. The van der Waals surface area contributed by atoms with Crippen molar-refractivity contribution in [3.8, 4) is 11.5 Å². The lowest BCUT2D eigenvalue weighted by atomic mass is 10.0. The van der Waals surface area contributed by atoms with Gasteiger partial charge in [-0.25, -0.2) is 0 Å². The molecule has 0 aliphatic carbocycles. The lowest BCUT2D eigenvalue weighted by Gasteiger charge is -2.18. The van der Waals surface area contributed by atoms with Crippen molar-refractivity contribution in [2.75, 3.05) is 25.1 Å². The number of ether oxygens (including phenoxy) is 1. The summed E-state index contributed by atoms with van der Waals surface area (Å²) in [4.78, 5) is 4.57. The van der Waals surface area contributed by atoms with E-state index in [0.717, 1.165) is 43.8 Å². The Hall–Kier alpha value is -1.88. The number of nitrogens with one attached hydrogen (secondary N) is 1. The zero-order chi connectivity index (χ0) is 14.1. The highest BCUT2D eigenvalue weighted by Gasteiger charge is 2.22. The van der Waals surface area contributed by atoms with Gasteiger partial charge in [0.05, 0.1) is 6.61 Å². The predicted molar refractivity (Wildman–Crippen MR) is 79.3 cm³/mol. The molecule has 1 atom stereocenters. The van der Waals surface area contributed by atoms with Crippen molar-refractivity contribution in [1.29, 1.82) is 0 Å². The minimum Gasteiger partial charge on any atom is -0.385 e. The Kier molecular flexibility index (Phi) is 3.35. The number of benzene rings is 1. The lowest BCUT2D eigenvalue weighted by Crippen LogP contribution is -2.16. The van der Waals surface area contributed by atoms with E-state index in [1.165, 1.54) is 17.7 Å². The van der Waals surface area contributed by atoms with Gasteiger partial charge in [-0.3, -0.25) is 0 Å². The second-order valence-corrected chi connectivity index (χ2v) is 5.77. The summed E-state index contributed by atoms with van der Waals surface area (Å²) in [5.41, 5.74) is 3.57. The number of aryl methyl sites for hydroxylation is 1. The molecule has 0 amide bonds. The van der Waals surface area contributed by atoms with Crippen LogP contribution in [0.5, 0.6) is 0 Å². The topological polar surface area (TPSA) is 60.2 Å². The van der Waals surface area contributed by atoms with Crippen LogP contribution in [0, 0.1) is 0 Å². The van der Waals surface area contributed by atoms with Crippen molar-refractivity contribution in [2.45, 2.75) is 31.6 Å². The molecular formula is C16H19N3O2. The van der Waals surface area contributed by atoms with Crippen LogP contribution >= 0.6 is 0 Å². The van der Waals surface area contributed by atoms with Gasteiger partial charge in [0.15, 0.2) is 5.82 Å². The number of fused-ring (bicyclic) bond motifs is 1. The van der Waals surface area contributed by atoms with E-state index in [2.05, 4.69) is 27.6 Å². The summed E-state index contributed by atoms with van der Waals surface area (Å²) in [6.45, 7) is 2.60. The summed E-state index contributed by atoms with van der Waals surface area (Å²) >= 11 is 0. The zero-order valence-corrected chi connectivity index (χ0v) is 12.0. The average molecular weight is 285 g/mol. The Balaban J connectivity index is 1.60. The highest BCUT2D eigenvalue weighted by molar-refractivity contribution is 5.63. The van der Waals surface area contributed by atoms with Gasteiger partial charge in [0.25, 0.3) is 5.89 Å². The molecule has 1 aromatic heterocycles. The molecule has 5 nitrogen and oxygen atoms in total. The largest absolute Gasteiger partial charge is 0.385 e. The van der Waals surface area contributed by atoms with Gasteiger partial charge in [0.2, 0.25) is 0 Å². The first kappa shape index (κ1) is 12.8. The maximum Gasteiger partial charge on any atom is 0.257 e. The number of nitrogens with zero attached hydrogens (tertiary/aromatic N) is 2. The van der Waals surface area contributed by atoms with Crippen molar-refractivity contribution < 1.29 is 9.26 Å². The van der Waals surface area contributed by atoms with E-state index >= 15 is 0 Å². The van der Waals surface area contributed by atoms with Gasteiger partial charge in [0.1, 0.15) is 0 Å². The van der Waals surface area contributed by atoms with Crippen LogP contribution in [-0.4, -0.2) is 29.9 Å². The first-order valence-electron chi connectivity index (χ1n) is 7.69. The van der Waals surface area contributed by atoms with Gasteiger partial charge < -0.3 is 14.6 Å². The monoisotopic (exact) mass is 285 g/mol. The van der Waals surface area contributed by atoms with Crippen LogP contribution in [0.2, 0.25) is 0 Å². The quantitative estimate of drug-likeness (QED) is 0.919. The molecule has 2 aliphatic rings. The van der Waals surface area contributed by atoms with E-state index in [9.17, 15) is 0 Å². The highest BCUT2D eigenvalue weighted by atomic mass is 16.5. The molecule has 2 aliphatic heterocycles. The molecule has 1 aromatic carbocycles. The van der Waals surface area contributed by atoms with Crippen LogP contribution in [0.3, 0.4) is 0 Å². The SMILES string of the molecule is c1cc2c(cc1-c1nc(C3CCCOC3)no1)CCCN2. The van der Waals surface area contributed by atoms with Gasteiger partial charge in [-0.05, 0) is 49.4 Å². The Bertz CT molecular complexity index is 632. The van der Waals surface area contributed by atoms with Gasteiger partial charge in [-0.2, -0.15) is 4.98 Å². The molecule has 0 bridgehead atoms. The smallest absolute Gasteiger partial charge is 0.257 e. The van der Waals surface area contributed by atoms with Crippen LogP contribution in [0.1, 0.15) is 36.6 Å². The molecule has 1 N–H and O–H groups in total. The first-order chi connectivity index (χ1) is 10.4. The molecule has 1 unspecified atom stereocenters. The molecule has 21 heavy (non-hydrogen) atoms. The Morgan fingerprint density at radius 2 is 2.24 bits per heavy atom. The molecule has 4 rings (SSSR count). The zero-order valence-electron chi connectivity index (χ0n) is 12.0. The molecule has 2 aromatic rings. The summed E-state index contributed by atoms with van der Waals surface area (Å²) in [6, 6.07) is 6.32. The van der Waals surface area contributed by atoms with Crippen molar-refractivity contribution in [1.82, 2.24) is 10.1 Å². The molecule has 0 spiro atoms. The maximum absolute atomic E-state index is 5.50. The number of hydrogen-bond donors (Lipinski definition) is 1. The van der Waals surface area contributed by atoms with Crippen LogP contribution in [0.15, 0.2) is 22.7 Å². The van der Waals surface area contributed by atoms with Crippen LogP contribution in [0.25, 0.3) is 11.5 Å². The van der Waals surface area contributed by atoms with Gasteiger partial charge in [-0.15, -0.1) is 0 Å². The molecule has 3 heterocycles. The minimum atomic E-state index is 0.274. The maximum atomic E-state index is 5.50. The third-order valence-corrected chi connectivity index (χ3v) is 4.26. The summed E-state index contributed by atoms with van der Waals surface area (Å²) < 4.78 is 11.0. The minimum absolute atomic E-state index is 0.274. The lowest BCUT2D eigenvalue weighted by molar-refractivity contribution is 0.0773. The Morgan fingerprint density at radius 3 is 3.14 bits per heavy atom. The van der Waals surface area contributed by atoms with Crippen LogP contribution in [0.4, 0.5) is 5.69 Å². The molecule has 0 saturated carbocycles. The number of anilines is 1. The second kappa shape index (κ2) is 5.48. The van der Waals surface area contributed by atoms with Gasteiger partial charge >= 0.3 is 0 Å². The van der Waals surface area contributed by atoms with E-state index in [1.807, 2.05) is 6.07 Å². The highest BCUT2D eigenvalue weighted by Crippen LogP contribution is 2.29. The van der Waals surface area contributed by atoms with Crippen LogP contribution < -0.4 is 5.32 Å². The van der Waals surface area contributed by atoms with Crippen molar-refractivity contribution in [2.24, 2.45) is 0 Å². The molecular weight excluding hydrogens is 266 g/mol. The molecule has 1 fully saturated rings. The van der Waals surface area contributed by atoms with Gasteiger partial charge in [-0.1, -0.05) is 5.16 Å². The number of hydrogen-bond acceptors (Lipinski definition) is 5. The van der Waals surface area contributed by atoms with Crippen molar-refractivity contribution >= 4 is 5.69 Å². The second-order valence-electron chi connectivity index (χ2n) is 5.77. The van der Waals surface area contributed by atoms with E-state index in [-0.39, 0.29) is 5.92 Å². The Labute approximate surface area is 123 Å². The third kappa shape index (κ3) is 2.53. The normalized spacial score (nSPS) is 21.6. The van der Waals surface area contributed by atoms with E-state index in [0.29, 0.717) is 12.5 Å². The summed E-state index contributed by atoms with van der Waals surface area (Å²) in [6.07, 6.45) is 4.42. The molecule has 5 heteroatoms. The van der Waals surface area contributed by atoms with E-state index in [1.54, 1.807) is 0 Å². The van der Waals surface area contributed by atoms with E-state index in [4.69, 9.17) is 9.26 Å². The summed E-state index contributed by atoms with van der Waals surface area (Å²) in [5.74, 6) is 1.67. The third-order valence-electron chi connectivity index (χ3n) is 4.26. The fourth-order valence-corrected chi connectivity index (χ4v) is 3.07. The predicted octanol–water partition coefficient (Wildman–Crippen LogP) is 2.99. The summed E-state index contributed by atoms with van der Waals surface area (Å²) in [7, 11) is 0. The summed E-state index contributed by atoms with van der Waals surface area (Å²) in [5, 5.41) is 7.56. The fraction of sp³-hybridized carbons (Fsp3) is 0.500. The first-order valence-corrected chi connectivity index (χ1v) is 7.69. The molecule has 1 saturated heterocycles. The fourth-order valence-electron chi connectivity index (χ4n) is 3.07. The van der Waals surface area contributed by atoms with E-state index < -0.39 is 0 Å². The van der Waals surface area contributed by atoms with Crippen LogP contribution in [-0.2, 0) is 11.2 Å². The molecule has 110 valence electrons.